The minimum absolute atomic E-state index is 0.0939. The van der Waals surface area contributed by atoms with Crippen LogP contribution in [0.2, 0.25) is 0 Å². The number of benzene rings is 1. The second kappa shape index (κ2) is 4.48. The zero-order valence-corrected chi connectivity index (χ0v) is 11.1. The van der Waals surface area contributed by atoms with Crippen molar-refractivity contribution in [2.45, 2.75) is 13.3 Å². The van der Waals surface area contributed by atoms with Gasteiger partial charge in [-0.15, -0.1) is 0 Å². The molecule has 6 heteroatoms. The molecule has 0 radical (unpaired) electrons. The molecule has 0 atom stereocenters. The van der Waals surface area contributed by atoms with Gasteiger partial charge in [-0.1, -0.05) is 18.1 Å². The summed E-state index contributed by atoms with van der Waals surface area (Å²) in [4.78, 5) is 15.4. The van der Waals surface area contributed by atoms with E-state index in [4.69, 9.17) is 9.63 Å². The average Bonchev–Trinajstić information content (AvgIpc) is 3.02. The molecule has 2 heterocycles. The van der Waals surface area contributed by atoms with Crippen LogP contribution in [-0.4, -0.2) is 25.8 Å². The lowest BCUT2D eigenvalue weighted by atomic mass is 10.0. The van der Waals surface area contributed by atoms with Crippen molar-refractivity contribution in [3.8, 4) is 11.3 Å². The first kappa shape index (κ1) is 12.4. The van der Waals surface area contributed by atoms with Crippen LogP contribution in [0.1, 0.15) is 23.0 Å². The number of aryl methyl sites for hydroxylation is 1. The number of hydrogen-bond acceptors (Lipinski definition) is 4. The van der Waals surface area contributed by atoms with E-state index in [1.807, 2.05) is 36.7 Å². The van der Waals surface area contributed by atoms with E-state index in [0.717, 1.165) is 16.6 Å². The maximum absolute atomic E-state index is 11.1. The highest BCUT2D eigenvalue weighted by molar-refractivity contribution is 5.89. The molecule has 0 amide bonds. The number of carbonyl (C=O) groups is 1. The Morgan fingerprint density at radius 1 is 1.45 bits per heavy atom. The van der Waals surface area contributed by atoms with Gasteiger partial charge in [0.2, 0.25) is 5.76 Å². The Balaban J connectivity index is 2.17. The summed E-state index contributed by atoms with van der Waals surface area (Å²) in [6, 6.07) is 5.72. The summed E-state index contributed by atoms with van der Waals surface area (Å²) in [5, 5.41) is 13.0. The lowest BCUT2D eigenvalue weighted by Crippen LogP contribution is -1.98. The number of fused-ring (bicyclic) bond motifs is 1. The van der Waals surface area contributed by atoms with Crippen LogP contribution >= 0.6 is 0 Å². The van der Waals surface area contributed by atoms with Crippen LogP contribution in [0.15, 0.2) is 29.0 Å². The van der Waals surface area contributed by atoms with Crippen molar-refractivity contribution in [2.75, 3.05) is 0 Å². The monoisotopic (exact) mass is 271 g/mol. The zero-order chi connectivity index (χ0) is 14.3. The Labute approximate surface area is 114 Å². The van der Waals surface area contributed by atoms with Gasteiger partial charge in [0.1, 0.15) is 5.69 Å². The first-order valence-electron chi connectivity index (χ1n) is 6.25. The number of hydrogen-bond donors (Lipinski definition) is 1. The highest BCUT2D eigenvalue weighted by atomic mass is 16.5. The molecule has 2 aromatic heterocycles. The predicted molar refractivity (Wildman–Crippen MR) is 72.5 cm³/mol. The summed E-state index contributed by atoms with van der Waals surface area (Å²) in [6.45, 7) is 1.88. The molecule has 0 saturated carbocycles. The summed E-state index contributed by atoms with van der Waals surface area (Å²) in [5.74, 6) is -1.19. The molecule has 0 aliphatic rings. The normalized spacial score (nSPS) is 11.1. The van der Waals surface area contributed by atoms with Gasteiger partial charge in [-0.2, -0.15) is 0 Å². The Bertz CT molecular complexity index is 801. The lowest BCUT2D eigenvalue weighted by Gasteiger charge is -2.00. The molecule has 0 unspecified atom stereocenters. The van der Waals surface area contributed by atoms with Crippen LogP contribution < -0.4 is 0 Å². The molecular weight excluding hydrogens is 258 g/mol. The summed E-state index contributed by atoms with van der Waals surface area (Å²) in [6.07, 6.45) is 2.28. The van der Waals surface area contributed by atoms with Crippen molar-refractivity contribution in [3.05, 3.63) is 35.9 Å². The fourth-order valence-electron chi connectivity index (χ4n) is 2.32. The summed E-state index contributed by atoms with van der Waals surface area (Å²) >= 11 is 0. The third-order valence-corrected chi connectivity index (χ3v) is 3.33. The van der Waals surface area contributed by atoms with Crippen molar-refractivity contribution in [1.82, 2.24) is 14.7 Å². The van der Waals surface area contributed by atoms with Crippen molar-refractivity contribution >= 4 is 17.0 Å². The van der Waals surface area contributed by atoms with E-state index >= 15 is 0 Å². The summed E-state index contributed by atoms with van der Waals surface area (Å²) < 4.78 is 6.87. The molecule has 0 spiro atoms. The number of imidazole rings is 1. The van der Waals surface area contributed by atoms with Gasteiger partial charge < -0.3 is 14.2 Å². The fraction of sp³-hybridized carbons (Fsp3) is 0.214. The van der Waals surface area contributed by atoms with E-state index in [1.165, 1.54) is 0 Å². The van der Waals surface area contributed by atoms with Crippen molar-refractivity contribution in [3.63, 3.8) is 0 Å². The predicted octanol–water partition coefficient (Wildman–Crippen LogP) is 2.49. The van der Waals surface area contributed by atoms with Gasteiger partial charge >= 0.3 is 5.97 Å². The minimum atomic E-state index is -1.10. The Morgan fingerprint density at radius 2 is 2.25 bits per heavy atom. The first-order chi connectivity index (χ1) is 9.61. The van der Waals surface area contributed by atoms with Gasteiger partial charge in [-0.3, -0.25) is 0 Å². The topological polar surface area (TPSA) is 81.2 Å². The van der Waals surface area contributed by atoms with Crippen LogP contribution in [0.4, 0.5) is 0 Å². The average molecular weight is 271 g/mol. The second-order valence-corrected chi connectivity index (χ2v) is 4.56. The smallest absolute Gasteiger partial charge is 0.375 e. The van der Waals surface area contributed by atoms with E-state index in [0.29, 0.717) is 17.7 Å². The van der Waals surface area contributed by atoms with E-state index in [9.17, 15) is 4.79 Å². The molecule has 20 heavy (non-hydrogen) atoms. The van der Waals surface area contributed by atoms with Crippen LogP contribution in [0.3, 0.4) is 0 Å². The van der Waals surface area contributed by atoms with Gasteiger partial charge in [0.05, 0.1) is 17.4 Å². The second-order valence-electron chi connectivity index (χ2n) is 4.56. The van der Waals surface area contributed by atoms with Crippen molar-refractivity contribution in [2.24, 2.45) is 7.05 Å². The lowest BCUT2D eigenvalue weighted by molar-refractivity contribution is 0.0650. The minimum Gasteiger partial charge on any atom is -0.475 e. The summed E-state index contributed by atoms with van der Waals surface area (Å²) in [7, 11) is 1.92. The molecule has 1 aromatic carbocycles. The molecule has 6 nitrogen and oxygen atoms in total. The van der Waals surface area contributed by atoms with Crippen molar-refractivity contribution in [1.29, 1.82) is 0 Å². The third-order valence-electron chi connectivity index (χ3n) is 3.33. The maximum atomic E-state index is 11.1. The number of aromatic nitrogens is 3. The molecule has 0 bridgehead atoms. The molecule has 0 saturated heterocycles. The zero-order valence-electron chi connectivity index (χ0n) is 11.1. The largest absolute Gasteiger partial charge is 0.475 e. The first-order valence-corrected chi connectivity index (χ1v) is 6.25. The van der Waals surface area contributed by atoms with E-state index < -0.39 is 5.97 Å². The van der Waals surface area contributed by atoms with Gasteiger partial charge in [0.25, 0.3) is 0 Å². The van der Waals surface area contributed by atoms with E-state index in [-0.39, 0.29) is 5.76 Å². The molecule has 3 rings (SSSR count). The highest BCUT2D eigenvalue weighted by Gasteiger charge is 2.21. The number of aromatic carboxylic acids is 1. The third kappa shape index (κ3) is 1.77. The van der Waals surface area contributed by atoms with Crippen LogP contribution in [0.25, 0.3) is 22.3 Å². The van der Waals surface area contributed by atoms with Crippen LogP contribution in [-0.2, 0) is 13.5 Å². The highest BCUT2D eigenvalue weighted by Crippen LogP contribution is 2.28. The quantitative estimate of drug-likeness (QED) is 0.791. The number of carboxylic acids is 1. The van der Waals surface area contributed by atoms with Gasteiger partial charge in [-0.05, 0) is 18.6 Å². The molecule has 0 fully saturated rings. The molecular formula is C14H13N3O3. The SMILES string of the molecule is CCc1c(-c2ccc3c(c2)ncn3C)noc1C(=O)O. The van der Waals surface area contributed by atoms with Gasteiger partial charge in [-0.25, -0.2) is 9.78 Å². The Morgan fingerprint density at radius 3 is 2.95 bits per heavy atom. The van der Waals surface area contributed by atoms with Crippen molar-refractivity contribution < 1.29 is 14.4 Å². The van der Waals surface area contributed by atoms with Crippen LogP contribution in [0.5, 0.6) is 0 Å². The van der Waals surface area contributed by atoms with Crippen LogP contribution in [0, 0.1) is 0 Å². The van der Waals surface area contributed by atoms with Gasteiger partial charge in [0, 0.05) is 18.2 Å². The molecule has 102 valence electrons. The fourth-order valence-corrected chi connectivity index (χ4v) is 2.32. The number of carboxylic acid groups (broad SMARTS) is 1. The number of nitrogens with zero attached hydrogens (tertiary/aromatic N) is 3. The summed E-state index contributed by atoms with van der Waals surface area (Å²) in [5.41, 5.74) is 3.83. The molecule has 1 N–H and O–H groups in total. The Kier molecular flexibility index (Phi) is 2.78. The standard InChI is InChI=1S/C14H13N3O3/c1-3-9-12(16-20-13(9)14(18)19)8-4-5-11-10(6-8)15-7-17(11)2/h4-7H,3H2,1-2H3,(H,18,19). The number of rotatable bonds is 3. The Hall–Kier alpha value is -2.63. The maximum Gasteiger partial charge on any atom is 0.375 e. The molecule has 0 aliphatic carbocycles. The molecule has 3 aromatic rings. The molecule has 0 aliphatic heterocycles. The van der Waals surface area contributed by atoms with E-state index in [2.05, 4.69) is 10.1 Å². The van der Waals surface area contributed by atoms with E-state index in [1.54, 1.807) is 6.33 Å². The van der Waals surface area contributed by atoms with Gasteiger partial charge in [0.15, 0.2) is 0 Å².